The molecule has 0 aliphatic heterocycles. The van der Waals surface area contributed by atoms with Gasteiger partial charge in [0.05, 0.1) is 11.3 Å². The Labute approximate surface area is 116 Å². The van der Waals surface area contributed by atoms with Crippen LogP contribution in [0.3, 0.4) is 0 Å². The van der Waals surface area contributed by atoms with Crippen LogP contribution in [-0.2, 0) is 0 Å². The third-order valence-electron chi connectivity index (χ3n) is 2.87. The van der Waals surface area contributed by atoms with E-state index in [-0.39, 0.29) is 15.7 Å². The topological polar surface area (TPSA) is 42.2 Å². The molecule has 1 aromatic heterocycles. The molecule has 0 radical (unpaired) electrons. The number of halogens is 3. The van der Waals surface area contributed by atoms with Crippen molar-refractivity contribution in [1.29, 1.82) is 0 Å². The Kier molecular flexibility index (Phi) is 3.45. The molecule has 0 bridgehead atoms. The third kappa shape index (κ3) is 2.28. The molecule has 0 saturated carbocycles. The summed E-state index contributed by atoms with van der Waals surface area (Å²) < 4.78 is 28.7. The van der Waals surface area contributed by atoms with E-state index in [1.54, 1.807) is 13.8 Å². The fraction of sp³-hybridized carbons (Fsp3) is 0.154. The quantitative estimate of drug-likeness (QED) is 0.909. The van der Waals surface area contributed by atoms with E-state index in [1.165, 1.54) is 10.6 Å². The van der Waals surface area contributed by atoms with Crippen LogP contribution >= 0.6 is 15.9 Å². The number of rotatable bonds is 2. The second kappa shape index (κ2) is 4.77. The summed E-state index contributed by atoms with van der Waals surface area (Å²) in [6, 6.07) is 3.35. The summed E-state index contributed by atoms with van der Waals surface area (Å²) in [5, 5.41) is 9.05. The Morgan fingerprint density at radius 2 is 1.89 bits per heavy atom. The molecule has 3 nitrogen and oxygen atoms in total. The van der Waals surface area contributed by atoms with Crippen molar-refractivity contribution in [3.05, 3.63) is 51.3 Å². The summed E-state index contributed by atoms with van der Waals surface area (Å²) >= 11 is 3.10. The summed E-state index contributed by atoms with van der Waals surface area (Å²) in [6.45, 7) is 3.24. The molecule has 0 saturated heterocycles. The lowest BCUT2D eigenvalue weighted by molar-refractivity contribution is 0.0696. The lowest BCUT2D eigenvalue weighted by Gasteiger charge is -2.13. The maximum absolute atomic E-state index is 13.9. The molecule has 2 rings (SSSR count). The predicted molar refractivity (Wildman–Crippen MR) is 69.8 cm³/mol. The van der Waals surface area contributed by atoms with Gasteiger partial charge in [-0.15, -0.1) is 0 Å². The molecular weight excluding hydrogens is 320 g/mol. The smallest absolute Gasteiger partial charge is 0.337 e. The summed E-state index contributed by atoms with van der Waals surface area (Å²) in [4.78, 5) is 11.1. The summed E-state index contributed by atoms with van der Waals surface area (Å²) in [6.07, 6.45) is 0. The summed E-state index contributed by atoms with van der Waals surface area (Å²) in [5.74, 6) is -2.54. The molecule has 19 heavy (non-hydrogen) atoms. The number of benzene rings is 1. The van der Waals surface area contributed by atoms with E-state index in [4.69, 9.17) is 5.11 Å². The number of hydrogen-bond acceptors (Lipinski definition) is 1. The van der Waals surface area contributed by atoms with Gasteiger partial charge in [-0.3, -0.25) is 0 Å². The number of aryl methyl sites for hydroxylation is 1. The van der Waals surface area contributed by atoms with Gasteiger partial charge in [0.2, 0.25) is 0 Å². The van der Waals surface area contributed by atoms with Crippen LogP contribution in [0.1, 0.15) is 21.7 Å². The fourth-order valence-electron chi connectivity index (χ4n) is 2.07. The highest BCUT2D eigenvalue weighted by atomic mass is 79.9. The SMILES string of the molecule is Cc1cc(C(=O)O)c(C)n1-c1c(F)cc(F)cc1Br. The first-order chi connectivity index (χ1) is 8.82. The van der Waals surface area contributed by atoms with Crippen LogP contribution in [-0.4, -0.2) is 15.6 Å². The Morgan fingerprint density at radius 3 is 2.37 bits per heavy atom. The highest BCUT2D eigenvalue weighted by molar-refractivity contribution is 9.10. The first-order valence-corrected chi connectivity index (χ1v) is 6.19. The number of carboxylic acids is 1. The second-order valence-electron chi connectivity index (χ2n) is 4.14. The highest BCUT2D eigenvalue weighted by Gasteiger charge is 2.20. The maximum atomic E-state index is 13.9. The molecule has 0 atom stereocenters. The van der Waals surface area contributed by atoms with Gasteiger partial charge in [0.1, 0.15) is 5.82 Å². The van der Waals surface area contributed by atoms with Crippen molar-refractivity contribution in [3.8, 4) is 5.69 Å². The zero-order chi connectivity index (χ0) is 14.3. The minimum Gasteiger partial charge on any atom is -0.478 e. The molecule has 1 N–H and O–H groups in total. The van der Waals surface area contributed by atoms with Crippen molar-refractivity contribution in [2.45, 2.75) is 13.8 Å². The van der Waals surface area contributed by atoms with Gasteiger partial charge in [-0.1, -0.05) is 0 Å². The van der Waals surface area contributed by atoms with Crippen molar-refractivity contribution in [2.75, 3.05) is 0 Å². The molecule has 1 aromatic carbocycles. The third-order valence-corrected chi connectivity index (χ3v) is 3.47. The van der Waals surface area contributed by atoms with Crippen molar-refractivity contribution in [1.82, 2.24) is 4.57 Å². The Morgan fingerprint density at radius 1 is 1.26 bits per heavy atom. The Bertz CT molecular complexity index is 657. The van der Waals surface area contributed by atoms with E-state index < -0.39 is 17.6 Å². The van der Waals surface area contributed by atoms with Crippen LogP contribution < -0.4 is 0 Å². The Hall–Kier alpha value is -1.69. The van der Waals surface area contributed by atoms with Crippen molar-refractivity contribution >= 4 is 21.9 Å². The van der Waals surface area contributed by atoms with Crippen LogP contribution in [0.2, 0.25) is 0 Å². The zero-order valence-electron chi connectivity index (χ0n) is 10.2. The molecule has 0 spiro atoms. The zero-order valence-corrected chi connectivity index (χ0v) is 11.8. The first kappa shape index (κ1) is 13.7. The molecular formula is C13H10BrF2NO2. The van der Waals surface area contributed by atoms with Gasteiger partial charge in [0, 0.05) is 21.9 Å². The number of aromatic carboxylic acids is 1. The molecule has 2 aromatic rings. The van der Waals surface area contributed by atoms with Crippen LogP contribution in [0, 0.1) is 25.5 Å². The number of aromatic nitrogens is 1. The van der Waals surface area contributed by atoms with Crippen LogP contribution in [0.15, 0.2) is 22.7 Å². The van der Waals surface area contributed by atoms with E-state index in [1.807, 2.05) is 0 Å². The Balaban J connectivity index is 2.77. The minimum atomic E-state index is -1.09. The van der Waals surface area contributed by atoms with Gasteiger partial charge in [-0.25, -0.2) is 13.6 Å². The molecule has 1 heterocycles. The van der Waals surface area contributed by atoms with Crippen molar-refractivity contribution in [2.24, 2.45) is 0 Å². The van der Waals surface area contributed by atoms with Gasteiger partial charge in [-0.2, -0.15) is 0 Å². The number of carboxylic acid groups (broad SMARTS) is 1. The average molecular weight is 330 g/mol. The minimum absolute atomic E-state index is 0.0909. The molecule has 0 fully saturated rings. The van der Waals surface area contributed by atoms with E-state index in [9.17, 15) is 13.6 Å². The average Bonchev–Trinajstić information content (AvgIpc) is 2.55. The standard InChI is InChI=1S/C13H10BrF2NO2/c1-6-3-9(13(18)19)7(2)17(6)12-10(14)4-8(15)5-11(12)16/h3-5H,1-2H3,(H,18,19). The van der Waals surface area contributed by atoms with E-state index >= 15 is 0 Å². The second-order valence-corrected chi connectivity index (χ2v) is 5.00. The molecule has 0 amide bonds. The van der Waals surface area contributed by atoms with Crippen molar-refractivity contribution in [3.63, 3.8) is 0 Å². The van der Waals surface area contributed by atoms with E-state index in [0.29, 0.717) is 11.4 Å². The van der Waals surface area contributed by atoms with Gasteiger partial charge >= 0.3 is 5.97 Å². The molecule has 0 aliphatic rings. The summed E-state index contributed by atoms with van der Waals surface area (Å²) in [7, 11) is 0. The lowest BCUT2D eigenvalue weighted by atomic mass is 10.2. The maximum Gasteiger partial charge on any atom is 0.337 e. The number of hydrogen-bond donors (Lipinski definition) is 1. The number of carbonyl (C=O) groups is 1. The lowest BCUT2D eigenvalue weighted by Crippen LogP contribution is -2.06. The van der Waals surface area contributed by atoms with Crippen molar-refractivity contribution < 1.29 is 18.7 Å². The van der Waals surface area contributed by atoms with E-state index in [0.717, 1.165) is 12.1 Å². The number of nitrogens with zero attached hydrogens (tertiary/aromatic N) is 1. The molecule has 0 unspecified atom stereocenters. The fourth-order valence-corrected chi connectivity index (χ4v) is 2.66. The normalized spacial score (nSPS) is 10.8. The van der Waals surface area contributed by atoms with E-state index in [2.05, 4.69) is 15.9 Å². The molecule has 6 heteroatoms. The van der Waals surface area contributed by atoms with Crippen LogP contribution in [0.25, 0.3) is 5.69 Å². The van der Waals surface area contributed by atoms with Gasteiger partial charge in [0.15, 0.2) is 5.82 Å². The van der Waals surface area contributed by atoms with Gasteiger partial charge in [-0.05, 0) is 41.9 Å². The highest BCUT2D eigenvalue weighted by Crippen LogP contribution is 2.30. The summed E-state index contributed by atoms with van der Waals surface area (Å²) in [5.41, 5.74) is 1.13. The van der Waals surface area contributed by atoms with Gasteiger partial charge < -0.3 is 9.67 Å². The molecule has 0 aliphatic carbocycles. The largest absolute Gasteiger partial charge is 0.478 e. The van der Waals surface area contributed by atoms with Gasteiger partial charge in [0.25, 0.3) is 0 Å². The monoisotopic (exact) mass is 329 g/mol. The first-order valence-electron chi connectivity index (χ1n) is 5.40. The molecule has 100 valence electrons. The van der Waals surface area contributed by atoms with Crippen LogP contribution in [0.4, 0.5) is 8.78 Å². The van der Waals surface area contributed by atoms with Crippen LogP contribution in [0.5, 0.6) is 0 Å². The predicted octanol–water partition coefficient (Wildman–Crippen LogP) is 3.83.